The maximum atomic E-state index is 6.51. The van der Waals surface area contributed by atoms with Crippen molar-refractivity contribution in [3.63, 3.8) is 0 Å². The highest BCUT2D eigenvalue weighted by molar-refractivity contribution is 6.54. The monoisotopic (exact) mass is 444 g/mol. The molecule has 4 aliphatic rings. The summed E-state index contributed by atoms with van der Waals surface area (Å²) in [5.74, 6) is 0. The van der Waals surface area contributed by atoms with E-state index in [4.69, 9.17) is 9.31 Å². The molecule has 1 aliphatic heterocycles. The molecule has 34 heavy (non-hydrogen) atoms. The fraction of sp³-hybridized carbons (Fsp3) is 0.290. The zero-order valence-electron chi connectivity index (χ0n) is 20.3. The Balaban J connectivity index is 1.49. The molecular formula is C31H29BO2. The van der Waals surface area contributed by atoms with Gasteiger partial charge in [0, 0.05) is 0 Å². The van der Waals surface area contributed by atoms with Crippen LogP contribution in [0.4, 0.5) is 0 Å². The van der Waals surface area contributed by atoms with Crippen LogP contribution in [-0.4, -0.2) is 18.3 Å². The molecular weight excluding hydrogens is 415 g/mol. The molecule has 3 aromatic rings. The van der Waals surface area contributed by atoms with E-state index in [9.17, 15) is 0 Å². The standard InChI is InChI=1S/C31H29BO2/c1-29(2)30(3,4)34-32(33-29)20-17-18-24-23-13-7-10-16-27(23)31(28(24)19-20)25-14-8-5-11-21(25)22-12-6-9-15-26(22)31/h5-16,19H,17-18H2,1-4H3. The van der Waals surface area contributed by atoms with Gasteiger partial charge in [0.2, 0.25) is 0 Å². The summed E-state index contributed by atoms with van der Waals surface area (Å²) in [4.78, 5) is 0. The lowest BCUT2D eigenvalue weighted by molar-refractivity contribution is 0.00578. The Morgan fingerprint density at radius 3 is 1.65 bits per heavy atom. The van der Waals surface area contributed by atoms with Gasteiger partial charge in [0.1, 0.15) is 0 Å². The van der Waals surface area contributed by atoms with E-state index < -0.39 is 0 Å². The molecule has 2 nitrogen and oxygen atoms in total. The van der Waals surface area contributed by atoms with Crippen molar-refractivity contribution in [1.82, 2.24) is 0 Å². The molecule has 0 atom stereocenters. The van der Waals surface area contributed by atoms with Crippen LogP contribution in [0, 0.1) is 0 Å². The minimum absolute atomic E-state index is 0.283. The second kappa shape index (κ2) is 6.62. The van der Waals surface area contributed by atoms with Gasteiger partial charge in [-0.2, -0.15) is 0 Å². The van der Waals surface area contributed by atoms with Gasteiger partial charge in [0.15, 0.2) is 0 Å². The van der Waals surface area contributed by atoms with Crippen LogP contribution in [0.3, 0.4) is 0 Å². The molecule has 0 amide bonds. The maximum Gasteiger partial charge on any atom is 0.490 e. The summed E-state index contributed by atoms with van der Waals surface area (Å²) >= 11 is 0. The van der Waals surface area contributed by atoms with Crippen molar-refractivity contribution in [3.05, 3.63) is 112 Å². The van der Waals surface area contributed by atoms with Gasteiger partial charge < -0.3 is 9.31 Å². The second-order valence-corrected chi connectivity index (χ2v) is 11.1. The van der Waals surface area contributed by atoms with Crippen molar-refractivity contribution in [2.24, 2.45) is 0 Å². The van der Waals surface area contributed by atoms with Crippen LogP contribution < -0.4 is 0 Å². The van der Waals surface area contributed by atoms with Crippen LogP contribution in [0.2, 0.25) is 0 Å². The molecule has 0 bridgehead atoms. The summed E-state index contributed by atoms with van der Waals surface area (Å²) < 4.78 is 13.0. The summed E-state index contributed by atoms with van der Waals surface area (Å²) in [6.45, 7) is 8.55. The van der Waals surface area contributed by atoms with E-state index in [1.807, 2.05) is 0 Å². The second-order valence-electron chi connectivity index (χ2n) is 11.1. The van der Waals surface area contributed by atoms with Crippen molar-refractivity contribution < 1.29 is 9.31 Å². The Labute approximate surface area is 202 Å². The first-order valence-electron chi connectivity index (χ1n) is 12.4. The predicted molar refractivity (Wildman–Crippen MR) is 139 cm³/mol. The number of fused-ring (bicyclic) bond motifs is 9. The minimum atomic E-state index is -0.337. The molecule has 3 heteroatoms. The molecule has 0 saturated carbocycles. The molecule has 3 aromatic carbocycles. The molecule has 1 saturated heterocycles. The number of benzene rings is 3. The van der Waals surface area contributed by atoms with Crippen LogP contribution in [-0.2, 0) is 14.7 Å². The van der Waals surface area contributed by atoms with Crippen LogP contribution in [0.1, 0.15) is 62.8 Å². The SMILES string of the molecule is CC1(C)OB(C2=CC3=C(CC2)c2ccccc2C32c3ccccc3-c3ccccc32)OC1(C)C. The zero-order chi connectivity index (χ0) is 23.3. The third kappa shape index (κ3) is 2.39. The number of hydrogen-bond acceptors (Lipinski definition) is 2. The van der Waals surface area contributed by atoms with E-state index in [1.54, 1.807) is 0 Å². The van der Waals surface area contributed by atoms with Crippen LogP contribution in [0.25, 0.3) is 16.7 Å². The maximum absolute atomic E-state index is 6.51. The van der Waals surface area contributed by atoms with E-state index >= 15 is 0 Å². The molecule has 1 spiro atoms. The summed E-state index contributed by atoms with van der Waals surface area (Å²) in [5, 5.41) is 0. The Morgan fingerprint density at radius 2 is 1.09 bits per heavy atom. The molecule has 0 radical (unpaired) electrons. The van der Waals surface area contributed by atoms with Gasteiger partial charge in [0.25, 0.3) is 0 Å². The largest absolute Gasteiger partial charge is 0.490 e. The van der Waals surface area contributed by atoms with Gasteiger partial charge in [-0.15, -0.1) is 0 Å². The van der Waals surface area contributed by atoms with Crippen molar-refractivity contribution >= 4 is 12.7 Å². The highest BCUT2D eigenvalue weighted by atomic mass is 16.7. The van der Waals surface area contributed by atoms with Crippen molar-refractivity contribution in [3.8, 4) is 11.1 Å². The van der Waals surface area contributed by atoms with Gasteiger partial charge in [-0.05, 0) is 90.5 Å². The van der Waals surface area contributed by atoms with Crippen LogP contribution in [0.15, 0.2) is 89.9 Å². The van der Waals surface area contributed by atoms with E-state index in [0.717, 1.165) is 12.8 Å². The molecule has 1 fully saturated rings. The van der Waals surface area contributed by atoms with E-state index in [1.165, 1.54) is 50.0 Å². The fourth-order valence-corrected chi connectivity index (χ4v) is 6.58. The lowest BCUT2D eigenvalue weighted by Gasteiger charge is -2.33. The topological polar surface area (TPSA) is 18.5 Å². The smallest absolute Gasteiger partial charge is 0.400 e. The summed E-state index contributed by atoms with van der Waals surface area (Å²) in [7, 11) is -0.299. The Hall–Kier alpha value is -2.88. The first kappa shape index (κ1) is 20.5. The van der Waals surface area contributed by atoms with Crippen molar-refractivity contribution in [1.29, 1.82) is 0 Å². The Kier molecular flexibility index (Phi) is 3.99. The highest BCUT2D eigenvalue weighted by Gasteiger charge is 2.56. The normalized spacial score (nSPS) is 22.4. The van der Waals surface area contributed by atoms with Gasteiger partial charge in [0.05, 0.1) is 16.6 Å². The Bertz CT molecular complexity index is 1360. The lowest BCUT2D eigenvalue weighted by atomic mass is 9.65. The number of allylic oxidation sites excluding steroid dienone is 4. The average Bonchev–Trinajstić information content (AvgIpc) is 3.39. The number of rotatable bonds is 1. The van der Waals surface area contributed by atoms with E-state index in [-0.39, 0.29) is 23.7 Å². The lowest BCUT2D eigenvalue weighted by Crippen LogP contribution is -2.41. The van der Waals surface area contributed by atoms with Gasteiger partial charge in [-0.3, -0.25) is 0 Å². The first-order chi connectivity index (χ1) is 16.3. The molecule has 0 aromatic heterocycles. The Morgan fingerprint density at radius 1 is 0.618 bits per heavy atom. The summed E-state index contributed by atoms with van der Waals surface area (Å²) in [6.07, 6.45) is 4.40. The summed E-state index contributed by atoms with van der Waals surface area (Å²) in [6, 6.07) is 27.0. The van der Waals surface area contributed by atoms with Crippen molar-refractivity contribution in [2.45, 2.75) is 57.2 Å². The van der Waals surface area contributed by atoms with Crippen LogP contribution in [0.5, 0.6) is 0 Å². The van der Waals surface area contributed by atoms with Gasteiger partial charge in [-0.25, -0.2) is 0 Å². The third-order valence-corrected chi connectivity index (χ3v) is 8.89. The molecule has 0 N–H and O–H groups in total. The average molecular weight is 444 g/mol. The van der Waals surface area contributed by atoms with E-state index in [2.05, 4.69) is 107 Å². The minimum Gasteiger partial charge on any atom is -0.400 e. The predicted octanol–water partition coefficient (Wildman–Crippen LogP) is 7.12. The van der Waals surface area contributed by atoms with E-state index in [0.29, 0.717) is 0 Å². The molecule has 1 heterocycles. The third-order valence-electron chi connectivity index (χ3n) is 8.89. The first-order valence-corrected chi connectivity index (χ1v) is 12.4. The molecule has 3 aliphatic carbocycles. The zero-order valence-corrected chi connectivity index (χ0v) is 20.3. The fourth-order valence-electron chi connectivity index (χ4n) is 6.58. The molecule has 168 valence electrons. The number of hydrogen-bond donors (Lipinski definition) is 0. The van der Waals surface area contributed by atoms with Crippen molar-refractivity contribution in [2.75, 3.05) is 0 Å². The molecule has 7 rings (SSSR count). The quantitative estimate of drug-likeness (QED) is 0.372. The van der Waals surface area contributed by atoms with Gasteiger partial charge in [-0.1, -0.05) is 78.9 Å². The summed E-state index contributed by atoms with van der Waals surface area (Å²) in [5.41, 5.74) is 11.4. The molecule has 0 unspecified atom stereocenters. The highest BCUT2D eigenvalue weighted by Crippen LogP contribution is 2.63. The van der Waals surface area contributed by atoms with Gasteiger partial charge >= 0.3 is 7.12 Å². The van der Waals surface area contributed by atoms with Crippen LogP contribution >= 0.6 is 0 Å².